The average Bonchev–Trinajstić information content (AvgIpc) is 3.14. The molecule has 0 saturated carbocycles. The molecule has 6 nitrogen and oxygen atoms in total. The maximum Gasteiger partial charge on any atom is 0.308 e. The predicted octanol–water partition coefficient (Wildman–Crippen LogP) is 13.2. The van der Waals surface area contributed by atoms with Crippen LogP contribution in [0.3, 0.4) is 0 Å². The van der Waals surface area contributed by atoms with E-state index >= 15 is 0 Å². The first-order valence-electron chi connectivity index (χ1n) is 23.1. The van der Waals surface area contributed by atoms with Crippen LogP contribution in [0.25, 0.3) is 0 Å². The van der Waals surface area contributed by atoms with E-state index in [0.29, 0.717) is 25.6 Å². The van der Waals surface area contributed by atoms with Crippen molar-refractivity contribution < 1.29 is 24.2 Å². The summed E-state index contributed by atoms with van der Waals surface area (Å²) in [6, 6.07) is 0. The highest BCUT2D eigenvalue weighted by molar-refractivity contribution is 5.71. The molecule has 0 aliphatic rings. The first-order valence-corrected chi connectivity index (χ1v) is 23.1. The maximum absolute atomic E-state index is 12.5. The SMILES string of the molecule is CCCCCCCCCOC(=O)C(C)CCCCCCN(CCCCO)CCCCCCCC(=O)OCC(CCCCCCC)CCCCCCC. The van der Waals surface area contributed by atoms with Crippen LogP contribution in [0.2, 0.25) is 0 Å². The van der Waals surface area contributed by atoms with Crippen molar-refractivity contribution in [1.29, 1.82) is 0 Å². The smallest absolute Gasteiger partial charge is 0.308 e. The molecule has 0 saturated heterocycles. The monoisotopic (exact) mass is 738 g/mol. The highest BCUT2D eigenvalue weighted by Crippen LogP contribution is 2.20. The van der Waals surface area contributed by atoms with Gasteiger partial charge in [0.2, 0.25) is 0 Å². The Labute approximate surface area is 324 Å². The van der Waals surface area contributed by atoms with Gasteiger partial charge in [-0.2, -0.15) is 0 Å². The van der Waals surface area contributed by atoms with E-state index in [0.717, 1.165) is 64.6 Å². The Hall–Kier alpha value is -1.14. The summed E-state index contributed by atoms with van der Waals surface area (Å²) < 4.78 is 11.3. The fourth-order valence-corrected chi connectivity index (χ4v) is 7.22. The van der Waals surface area contributed by atoms with Gasteiger partial charge >= 0.3 is 11.9 Å². The number of carbonyl (C=O) groups excluding carboxylic acids is 2. The number of hydrogen-bond acceptors (Lipinski definition) is 6. The molecule has 1 N–H and O–H groups in total. The average molecular weight is 738 g/mol. The van der Waals surface area contributed by atoms with E-state index in [1.807, 2.05) is 6.92 Å². The zero-order valence-electron chi connectivity index (χ0n) is 35.6. The lowest BCUT2D eigenvalue weighted by Crippen LogP contribution is -2.27. The van der Waals surface area contributed by atoms with Crippen molar-refractivity contribution in [2.24, 2.45) is 11.8 Å². The first-order chi connectivity index (χ1) is 25.5. The second kappa shape index (κ2) is 41.0. The third-order valence-corrected chi connectivity index (χ3v) is 10.9. The molecular weight excluding hydrogens is 647 g/mol. The van der Waals surface area contributed by atoms with Crippen LogP contribution in [-0.4, -0.2) is 61.4 Å². The lowest BCUT2D eigenvalue weighted by molar-refractivity contribution is -0.148. The van der Waals surface area contributed by atoms with Crippen LogP contribution in [0.5, 0.6) is 0 Å². The lowest BCUT2D eigenvalue weighted by atomic mass is 9.95. The van der Waals surface area contributed by atoms with E-state index in [-0.39, 0.29) is 24.5 Å². The van der Waals surface area contributed by atoms with Gasteiger partial charge in [-0.25, -0.2) is 0 Å². The first kappa shape index (κ1) is 50.9. The zero-order chi connectivity index (χ0) is 38.2. The highest BCUT2D eigenvalue weighted by Gasteiger charge is 2.15. The molecule has 1 unspecified atom stereocenters. The number of aliphatic hydroxyl groups is 1. The minimum Gasteiger partial charge on any atom is -0.465 e. The number of unbranched alkanes of at least 4 members (excludes halogenated alkanes) is 22. The molecule has 1 atom stereocenters. The molecule has 0 aromatic heterocycles. The third-order valence-electron chi connectivity index (χ3n) is 10.9. The number of nitrogens with zero attached hydrogens (tertiary/aromatic N) is 1. The van der Waals surface area contributed by atoms with Crippen molar-refractivity contribution in [3.8, 4) is 0 Å². The number of carbonyl (C=O) groups is 2. The van der Waals surface area contributed by atoms with Crippen molar-refractivity contribution in [1.82, 2.24) is 4.90 Å². The van der Waals surface area contributed by atoms with Gasteiger partial charge in [-0.15, -0.1) is 0 Å². The number of aliphatic hydroxyl groups excluding tert-OH is 1. The molecular formula is C46H91NO5. The third kappa shape index (κ3) is 35.9. The minimum absolute atomic E-state index is 0.00217. The molecule has 52 heavy (non-hydrogen) atoms. The predicted molar refractivity (Wildman–Crippen MR) is 223 cm³/mol. The standard InChI is InChI=1S/C46H91NO5/c1-5-8-11-14-15-23-32-41-51-46(50)43(4)33-24-20-22-29-38-47(39-30-31-40-48)37-28-21-16-19-27-36-45(49)52-42-44(34-25-17-12-9-6-2)35-26-18-13-10-7-3/h43-44,48H,5-42H2,1-4H3. The largest absolute Gasteiger partial charge is 0.465 e. The molecule has 0 fully saturated rings. The summed E-state index contributed by atoms with van der Waals surface area (Å²) in [6.45, 7) is 13.6. The molecule has 6 heteroatoms. The molecule has 0 amide bonds. The van der Waals surface area contributed by atoms with Crippen molar-refractivity contribution in [2.45, 2.75) is 233 Å². The van der Waals surface area contributed by atoms with Crippen LogP contribution >= 0.6 is 0 Å². The van der Waals surface area contributed by atoms with Gasteiger partial charge in [0.05, 0.1) is 19.1 Å². The Morgan fingerprint density at radius 1 is 0.500 bits per heavy atom. The quantitative estimate of drug-likeness (QED) is 0.0496. The topological polar surface area (TPSA) is 76.1 Å². The molecule has 0 spiro atoms. The van der Waals surface area contributed by atoms with Gasteiger partial charge in [0.1, 0.15) is 0 Å². The van der Waals surface area contributed by atoms with E-state index in [9.17, 15) is 14.7 Å². The van der Waals surface area contributed by atoms with Crippen LogP contribution in [0, 0.1) is 11.8 Å². The fourth-order valence-electron chi connectivity index (χ4n) is 7.22. The molecule has 0 radical (unpaired) electrons. The van der Waals surface area contributed by atoms with Crippen molar-refractivity contribution >= 4 is 11.9 Å². The van der Waals surface area contributed by atoms with E-state index < -0.39 is 0 Å². The van der Waals surface area contributed by atoms with Crippen LogP contribution in [0.4, 0.5) is 0 Å². The van der Waals surface area contributed by atoms with Gasteiger partial charge in [-0.05, 0) is 83.3 Å². The Bertz CT molecular complexity index is 732. The molecule has 0 aromatic rings. The van der Waals surface area contributed by atoms with Gasteiger partial charge < -0.3 is 19.5 Å². The second-order valence-corrected chi connectivity index (χ2v) is 16.1. The Morgan fingerprint density at radius 2 is 0.923 bits per heavy atom. The molecule has 0 aliphatic carbocycles. The summed E-state index contributed by atoms with van der Waals surface area (Å²) in [6.07, 6.45) is 37.8. The van der Waals surface area contributed by atoms with Gasteiger partial charge in [0.15, 0.2) is 0 Å². The van der Waals surface area contributed by atoms with Gasteiger partial charge in [0.25, 0.3) is 0 Å². The van der Waals surface area contributed by atoms with Crippen LogP contribution in [-0.2, 0) is 19.1 Å². The Kier molecular flexibility index (Phi) is 40.1. The van der Waals surface area contributed by atoms with E-state index in [4.69, 9.17) is 9.47 Å². The van der Waals surface area contributed by atoms with Crippen LogP contribution in [0.1, 0.15) is 233 Å². The summed E-state index contributed by atoms with van der Waals surface area (Å²) in [5, 5.41) is 9.28. The lowest BCUT2D eigenvalue weighted by Gasteiger charge is -2.22. The van der Waals surface area contributed by atoms with Crippen molar-refractivity contribution in [3.63, 3.8) is 0 Å². The van der Waals surface area contributed by atoms with Crippen molar-refractivity contribution in [2.75, 3.05) is 39.5 Å². The second-order valence-electron chi connectivity index (χ2n) is 16.1. The summed E-state index contributed by atoms with van der Waals surface area (Å²) >= 11 is 0. The molecule has 0 rings (SSSR count). The number of ether oxygens (including phenoxy) is 2. The van der Waals surface area contributed by atoms with Gasteiger partial charge in [0, 0.05) is 13.0 Å². The van der Waals surface area contributed by atoms with Crippen LogP contribution < -0.4 is 0 Å². The number of esters is 2. The number of hydrogen-bond donors (Lipinski definition) is 1. The normalized spacial score (nSPS) is 12.2. The van der Waals surface area contributed by atoms with Crippen LogP contribution in [0.15, 0.2) is 0 Å². The van der Waals surface area contributed by atoms with Gasteiger partial charge in [-0.1, -0.05) is 169 Å². The van der Waals surface area contributed by atoms with E-state index in [1.165, 1.54) is 154 Å². The minimum atomic E-state index is -0.0169. The summed E-state index contributed by atoms with van der Waals surface area (Å²) in [7, 11) is 0. The van der Waals surface area contributed by atoms with Gasteiger partial charge in [-0.3, -0.25) is 9.59 Å². The Balaban J connectivity index is 4.10. The molecule has 310 valence electrons. The molecule has 0 aromatic carbocycles. The van der Waals surface area contributed by atoms with E-state index in [2.05, 4.69) is 25.7 Å². The highest BCUT2D eigenvalue weighted by atomic mass is 16.5. The van der Waals surface area contributed by atoms with E-state index in [1.54, 1.807) is 0 Å². The summed E-state index contributed by atoms with van der Waals surface area (Å²) in [5.41, 5.74) is 0. The van der Waals surface area contributed by atoms with Crippen molar-refractivity contribution in [3.05, 3.63) is 0 Å². The molecule has 0 aliphatic heterocycles. The zero-order valence-corrected chi connectivity index (χ0v) is 35.6. The molecule has 0 heterocycles. The summed E-state index contributed by atoms with van der Waals surface area (Å²) in [4.78, 5) is 27.5. The number of rotatable bonds is 42. The summed E-state index contributed by atoms with van der Waals surface area (Å²) in [5.74, 6) is 0.528. The Morgan fingerprint density at radius 3 is 1.44 bits per heavy atom. The molecule has 0 bridgehead atoms. The fraction of sp³-hybridized carbons (Fsp3) is 0.957. The maximum atomic E-state index is 12.5.